The van der Waals surface area contributed by atoms with E-state index in [2.05, 4.69) is 15.1 Å². The maximum absolute atomic E-state index is 10.9. The van der Waals surface area contributed by atoms with Crippen molar-refractivity contribution in [2.75, 3.05) is 0 Å². The second-order valence-electron chi connectivity index (χ2n) is 5.54. The van der Waals surface area contributed by atoms with Gasteiger partial charge >= 0.3 is 5.97 Å². The molecule has 3 aromatic rings. The summed E-state index contributed by atoms with van der Waals surface area (Å²) in [5.41, 5.74) is 4.25. The van der Waals surface area contributed by atoms with Crippen LogP contribution in [0.1, 0.15) is 24.5 Å². The molecule has 6 nitrogen and oxygen atoms in total. The Bertz CT molecular complexity index is 867. The number of aliphatic carboxylic acids is 1. The second-order valence-corrected chi connectivity index (χ2v) is 5.54. The minimum Gasteiger partial charge on any atom is -0.480 e. The highest BCUT2D eigenvalue weighted by molar-refractivity contribution is 5.77. The van der Waals surface area contributed by atoms with Crippen molar-refractivity contribution >= 4 is 17.0 Å². The summed E-state index contributed by atoms with van der Waals surface area (Å²) in [5, 5.41) is 13.4. The van der Waals surface area contributed by atoms with Crippen molar-refractivity contribution in [2.24, 2.45) is 0 Å². The fourth-order valence-electron chi connectivity index (χ4n) is 2.60. The lowest BCUT2D eigenvalue weighted by Crippen LogP contribution is -2.09. The van der Waals surface area contributed by atoms with E-state index in [9.17, 15) is 4.79 Å². The number of nitrogens with zero attached hydrogens (tertiary/aromatic N) is 4. The zero-order valence-electron chi connectivity index (χ0n) is 11.8. The van der Waals surface area contributed by atoms with Gasteiger partial charge in [-0.1, -0.05) is 12.1 Å². The lowest BCUT2D eigenvalue weighted by atomic mass is 10.1. The van der Waals surface area contributed by atoms with E-state index in [0.29, 0.717) is 5.92 Å². The number of carboxylic acids is 1. The largest absolute Gasteiger partial charge is 0.480 e. The fourth-order valence-corrected chi connectivity index (χ4v) is 2.60. The van der Waals surface area contributed by atoms with Crippen molar-refractivity contribution in [3.63, 3.8) is 0 Å². The molecular formula is C16H14N4O2. The van der Waals surface area contributed by atoms with Gasteiger partial charge in [-0.05, 0) is 25.0 Å². The standard InChI is InChI=1S/C16H14N4O2/c21-15(22)9-20-8-11(16(19-20)10-5-6-10)14-7-17-12-3-1-2-4-13(12)18-14/h1-4,7-8,10H,5-6,9H2,(H,21,22). The van der Waals surface area contributed by atoms with Crippen LogP contribution in [0, 0.1) is 0 Å². The highest BCUT2D eigenvalue weighted by Crippen LogP contribution is 2.43. The molecule has 0 bridgehead atoms. The number of aromatic nitrogens is 4. The quantitative estimate of drug-likeness (QED) is 0.799. The molecule has 1 saturated carbocycles. The van der Waals surface area contributed by atoms with Gasteiger partial charge in [0.05, 0.1) is 28.6 Å². The first-order valence-electron chi connectivity index (χ1n) is 7.22. The molecule has 0 saturated heterocycles. The van der Waals surface area contributed by atoms with Crippen LogP contribution >= 0.6 is 0 Å². The normalized spacial score (nSPS) is 14.4. The average molecular weight is 294 g/mol. The highest BCUT2D eigenvalue weighted by atomic mass is 16.4. The average Bonchev–Trinajstić information content (AvgIpc) is 3.28. The molecule has 1 aromatic carbocycles. The molecule has 0 spiro atoms. The number of para-hydroxylation sites is 2. The summed E-state index contributed by atoms with van der Waals surface area (Å²) in [6.07, 6.45) is 5.69. The summed E-state index contributed by atoms with van der Waals surface area (Å²) < 4.78 is 1.47. The number of carbonyl (C=O) groups is 1. The molecule has 1 aliphatic rings. The smallest absolute Gasteiger partial charge is 0.325 e. The van der Waals surface area contributed by atoms with Crippen LogP contribution in [0.5, 0.6) is 0 Å². The van der Waals surface area contributed by atoms with Crippen molar-refractivity contribution in [3.05, 3.63) is 42.4 Å². The molecule has 0 amide bonds. The monoisotopic (exact) mass is 294 g/mol. The Morgan fingerprint density at radius 3 is 2.77 bits per heavy atom. The van der Waals surface area contributed by atoms with E-state index in [1.807, 2.05) is 24.3 Å². The summed E-state index contributed by atoms with van der Waals surface area (Å²) >= 11 is 0. The van der Waals surface area contributed by atoms with Crippen molar-refractivity contribution < 1.29 is 9.90 Å². The van der Waals surface area contributed by atoms with E-state index >= 15 is 0 Å². The van der Waals surface area contributed by atoms with Gasteiger partial charge in [0.2, 0.25) is 0 Å². The Kier molecular flexibility index (Phi) is 2.89. The molecule has 0 aliphatic heterocycles. The zero-order valence-corrected chi connectivity index (χ0v) is 11.8. The van der Waals surface area contributed by atoms with Gasteiger partial charge in [0.25, 0.3) is 0 Å². The van der Waals surface area contributed by atoms with Crippen LogP contribution in [0.4, 0.5) is 0 Å². The van der Waals surface area contributed by atoms with Crippen molar-refractivity contribution in [1.82, 2.24) is 19.7 Å². The van der Waals surface area contributed by atoms with Crippen LogP contribution in [0.3, 0.4) is 0 Å². The van der Waals surface area contributed by atoms with Gasteiger partial charge in [-0.2, -0.15) is 5.10 Å². The molecule has 2 heterocycles. The molecule has 0 atom stereocenters. The third kappa shape index (κ3) is 2.32. The summed E-state index contributed by atoms with van der Waals surface area (Å²) in [5.74, 6) is -0.487. The maximum atomic E-state index is 10.9. The number of carboxylic acid groups (broad SMARTS) is 1. The third-order valence-electron chi connectivity index (χ3n) is 3.78. The third-order valence-corrected chi connectivity index (χ3v) is 3.78. The van der Waals surface area contributed by atoms with E-state index in [1.165, 1.54) is 4.68 Å². The van der Waals surface area contributed by atoms with Gasteiger partial charge in [-0.3, -0.25) is 14.5 Å². The first kappa shape index (κ1) is 12.9. The van der Waals surface area contributed by atoms with Gasteiger partial charge in [-0.25, -0.2) is 4.98 Å². The summed E-state index contributed by atoms with van der Waals surface area (Å²) in [7, 11) is 0. The van der Waals surface area contributed by atoms with E-state index < -0.39 is 5.97 Å². The Hall–Kier alpha value is -2.76. The Morgan fingerprint density at radius 2 is 2.05 bits per heavy atom. The minimum atomic E-state index is -0.902. The van der Waals surface area contributed by atoms with Crippen molar-refractivity contribution in [2.45, 2.75) is 25.3 Å². The summed E-state index contributed by atoms with van der Waals surface area (Å²) in [6.45, 7) is -0.138. The molecular weight excluding hydrogens is 280 g/mol. The van der Waals surface area contributed by atoms with E-state index in [4.69, 9.17) is 5.11 Å². The van der Waals surface area contributed by atoms with Gasteiger partial charge in [0, 0.05) is 17.7 Å². The molecule has 1 aliphatic carbocycles. The van der Waals surface area contributed by atoms with Crippen LogP contribution < -0.4 is 0 Å². The predicted octanol–water partition coefficient (Wildman–Crippen LogP) is 2.46. The molecule has 0 radical (unpaired) electrons. The Balaban J connectivity index is 1.81. The van der Waals surface area contributed by atoms with Gasteiger partial charge in [0.1, 0.15) is 6.54 Å². The van der Waals surface area contributed by atoms with Crippen LogP contribution in [0.15, 0.2) is 36.7 Å². The number of fused-ring (bicyclic) bond motifs is 1. The molecule has 0 unspecified atom stereocenters. The summed E-state index contributed by atoms with van der Waals surface area (Å²) in [4.78, 5) is 20.0. The molecule has 1 N–H and O–H groups in total. The lowest BCUT2D eigenvalue weighted by molar-refractivity contribution is -0.137. The number of hydrogen-bond acceptors (Lipinski definition) is 4. The maximum Gasteiger partial charge on any atom is 0.325 e. The SMILES string of the molecule is O=C(O)Cn1cc(-c2cnc3ccccc3n2)c(C2CC2)n1. The first-order chi connectivity index (χ1) is 10.7. The van der Waals surface area contributed by atoms with Crippen LogP contribution in [-0.4, -0.2) is 30.8 Å². The predicted molar refractivity (Wildman–Crippen MR) is 80.4 cm³/mol. The van der Waals surface area contributed by atoms with Gasteiger partial charge in [-0.15, -0.1) is 0 Å². The minimum absolute atomic E-state index is 0.138. The van der Waals surface area contributed by atoms with Crippen molar-refractivity contribution in [3.8, 4) is 11.3 Å². The molecule has 6 heteroatoms. The zero-order chi connectivity index (χ0) is 15.1. The second kappa shape index (κ2) is 4.91. The highest BCUT2D eigenvalue weighted by Gasteiger charge is 2.30. The summed E-state index contributed by atoms with van der Waals surface area (Å²) in [6, 6.07) is 7.69. The Labute approximate surface area is 126 Å². The van der Waals surface area contributed by atoms with Gasteiger partial charge in [0.15, 0.2) is 0 Å². The first-order valence-corrected chi connectivity index (χ1v) is 7.22. The van der Waals surface area contributed by atoms with Crippen LogP contribution in [0.25, 0.3) is 22.3 Å². The van der Waals surface area contributed by atoms with Crippen LogP contribution in [0.2, 0.25) is 0 Å². The number of benzene rings is 1. The van der Waals surface area contributed by atoms with E-state index in [1.54, 1.807) is 12.4 Å². The lowest BCUT2D eigenvalue weighted by Gasteiger charge is -2.02. The van der Waals surface area contributed by atoms with Crippen LogP contribution in [-0.2, 0) is 11.3 Å². The molecule has 1 fully saturated rings. The molecule has 110 valence electrons. The molecule has 4 rings (SSSR count). The van der Waals surface area contributed by atoms with Crippen molar-refractivity contribution in [1.29, 1.82) is 0 Å². The van der Waals surface area contributed by atoms with Gasteiger partial charge < -0.3 is 5.11 Å². The molecule has 22 heavy (non-hydrogen) atoms. The van der Waals surface area contributed by atoms with E-state index in [0.717, 1.165) is 40.8 Å². The fraction of sp³-hybridized carbons (Fsp3) is 0.250. The molecule has 2 aromatic heterocycles. The number of hydrogen-bond donors (Lipinski definition) is 1. The van der Waals surface area contributed by atoms with E-state index in [-0.39, 0.29) is 6.54 Å². The number of rotatable bonds is 4. The topological polar surface area (TPSA) is 80.9 Å². The Morgan fingerprint density at radius 1 is 1.27 bits per heavy atom.